The molecule has 0 radical (unpaired) electrons. The molecule has 0 aliphatic carbocycles. The van der Waals surface area contributed by atoms with Gasteiger partial charge in [0.2, 0.25) is 0 Å². The molecule has 0 unspecified atom stereocenters. The number of amides is 1. The summed E-state index contributed by atoms with van der Waals surface area (Å²) in [5.74, 6) is 0.626. The van der Waals surface area contributed by atoms with E-state index in [0.29, 0.717) is 18.8 Å². The lowest BCUT2D eigenvalue weighted by Gasteiger charge is -2.24. The van der Waals surface area contributed by atoms with E-state index in [1.165, 1.54) is 0 Å². The molecule has 2 atom stereocenters. The summed E-state index contributed by atoms with van der Waals surface area (Å²) in [7, 11) is 3.42. The Morgan fingerprint density at radius 3 is 2.50 bits per heavy atom. The van der Waals surface area contributed by atoms with Gasteiger partial charge in [-0.2, -0.15) is 5.10 Å². The largest absolute Gasteiger partial charge is 0.481 e. The fourth-order valence-electron chi connectivity index (χ4n) is 2.20. The number of carbonyl (C=O) groups excluding carboxylic acids is 1. The molecule has 1 aromatic heterocycles. The van der Waals surface area contributed by atoms with Gasteiger partial charge in [-0.15, -0.1) is 0 Å². The van der Waals surface area contributed by atoms with Crippen molar-refractivity contribution < 1.29 is 19.0 Å². The van der Waals surface area contributed by atoms with Crippen LogP contribution in [0.15, 0.2) is 10.8 Å². The van der Waals surface area contributed by atoms with Gasteiger partial charge < -0.3 is 19.1 Å². The maximum Gasteiger partial charge on any atom is 0.410 e. The predicted molar refractivity (Wildman–Crippen MR) is 83.9 cm³/mol. The predicted octanol–water partition coefficient (Wildman–Crippen LogP) is 2.20. The van der Waals surface area contributed by atoms with E-state index < -0.39 is 5.60 Å². The SMILES string of the molecule is CO[C@H]1CN(C(=O)OC(C)(C)C)C[C@H]1Oc1cnn(C)c1Br. The number of methoxy groups -OCH3 is 1. The van der Waals surface area contributed by atoms with Gasteiger partial charge in [-0.1, -0.05) is 0 Å². The topological polar surface area (TPSA) is 65.8 Å². The zero-order chi connectivity index (χ0) is 16.5. The summed E-state index contributed by atoms with van der Waals surface area (Å²) in [4.78, 5) is 13.8. The third kappa shape index (κ3) is 3.92. The summed E-state index contributed by atoms with van der Waals surface area (Å²) >= 11 is 3.41. The van der Waals surface area contributed by atoms with Crippen LogP contribution in [0.5, 0.6) is 5.75 Å². The average Bonchev–Trinajstić information content (AvgIpc) is 2.95. The first kappa shape index (κ1) is 17.1. The lowest BCUT2D eigenvalue weighted by atomic mass is 10.2. The smallest absolute Gasteiger partial charge is 0.410 e. The summed E-state index contributed by atoms with van der Waals surface area (Å²) in [6.45, 7) is 6.38. The maximum absolute atomic E-state index is 12.2. The molecule has 0 spiro atoms. The van der Waals surface area contributed by atoms with Gasteiger partial charge in [-0.25, -0.2) is 4.79 Å². The molecule has 0 saturated carbocycles. The second kappa shape index (κ2) is 6.45. The molecule has 7 nitrogen and oxygen atoms in total. The Labute approximate surface area is 138 Å². The number of hydrogen-bond donors (Lipinski definition) is 0. The zero-order valence-electron chi connectivity index (χ0n) is 13.5. The molecule has 1 saturated heterocycles. The molecule has 1 aliphatic heterocycles. The van der Waals surface area contributed by atoms with Gasteiger partial charge in [-0.05, 0) is 36.7 Å². The van der Waals surface area contributed by atoms with Gasteiger partial charge in [-0.3, -0.25) is 4.68 Å². The van der Waals surface area contributed by atoms with Crippen LogP contribution >= 0.6 is 15.9 Å². The Morgan fingerprint density at radius 1 is 1.36 bits per heavy atom. The molecule has 8 heteroatoms. The van der Waals surface area contributed by atoms with Crippen molar-refractivity contribution in [1.29, 1.82) is 0 Å². The number of aromatic nitrogens is 2. The van der Waals surface area contributed by atoms with Crippen molar-refractivity contribution in [3.63, 3.8) is 0 Å². The average molecular weight is 376 g/mol. The number of carbonyl (C=O) groups is 1. The molecule has 2 rings (SSSR count). The second-order valence-corrected chi connectivity index (χ2v) is 6.99. The minimum absolute atomic E-state index is 0.209. The highest BCUT2D eigenvalue weighted by atomic mass is 79.9. The molecule has 0 bridgehead atoms. The maximum atomic E-state index is 12.2. The van der Waals surface area contributed by atoms with E-state index in [4.69, 9.17) is 14.2 Å². The van der Waals surface area contributed by atoms with E-state index in [9.17, 15) is 4.79 Å². The van der Waals surface area contributed by atoms with Crippen molar-refractivity contribution >= 4 is 22.0 Å². The quantitative estimate of drug-likeness (QED) is 0.809. The summed E-state index contributed by atoms with van der Waals surface area (Å²) < 4.78 is 19.2. The molecule has 1 amide bonds. The van der Waals surface area contributed by atoms with Crippen LogP contribution in [-0.2, 0) is 16.5 Å². The van der Waals surface area contributed by atoms with E-state index in [2.05, 4.69) is 21.0 Å². The summed E-state index contributed by atoms with van der Waals surface area (Å²) in [6.07, 6.45) is 0.802. The van der Waals surface area contributed by atoms with Gasteiger partial charge in [0, 0.05) is 14.2 Å². The highest BCUT2D eigenvalue weighted by Crippen LogP contribution is 2.28. The fraction of sp³-hybridized carbons (Fsp3) is 0.714. The van der Waals surface area contributed by atoms with Gasteiger partial charge in [0.15, 0.2) is 5.75 Å². The van der Waals surface area contributed by atoms with Crippen LogP contribution < -0.4 is 4.74 Å². The number of hydrogen-bond acceptors (Lipinski definition) is 5. The number of nitrogens with zero attached hydrogens (tertiary/aromatic N) is 3. The lowest BCUT2D eigenvalue weighted by Crippen LogP contribution is -2.36. The molecule has 22 heavy (non-hydrogen) atoms. The third-order valence-electron chi connectivity index (χ3n) is 3.28. The highest BCUT2D eigenvalue weighted by molar-refractivity contribution is 9.10. The summed E-state index contributed by atoms with van der Waals surface area (Å²) in [5.41, 5.74) is -0.523. The second-order valence-electron chi connectivity index (χ2n) is 6.24. The molecule has 0 N–H and O–H groups in total. The van der Waals surface area contributed by atoms with Crippen LogP contribution in [-0.4, -0.2) is 58.8 Å². The van der Waals surface area contributed by atoms with Crippen molar-refractivity contribution in [2.75, 3.05) is 20.2 Å². The Balaban J connectivity index is 2.03. The van der Waals surface area contributed by atoms with Crippen LogP contribution in [0.4, 0.5) is 4.79 Å². The van der Waals surface area contributed by atoms with Crippen molar-refractivity contribution in [2.24, 2.45) is 7.05 Å². The summed E-state index contributed by atoms with van der Waals surface area (Å²) in [6, 6.07) is 0. The molecule has 2 heterocycles. The van der Waals surface area contributed by atoms with Crippen molar-refractivity contribution in [2.45, 2.75) is 38.6 Å². The number of aryl methyl sites for hydroxylation is 1. The van der Waals surface area contributed by atoms with Gasteiger partial charge in [0.25, 0.3) is 0 Å². The fourth-order valence-corrected chi connectivity index (χ4v) is 2.49. The first-order valence-electron chi connectivity index (χ1n) is 7.06. The first-order chi connectivity index (χ1) is 10.2. The van der Waals surface area contributed by atoms with Crippen LogP contribution in [0, 0.1) is 0 Å². The van der Waals surface area contributed by atoms with Crippen LogP contribution in [0.2, 0.25) is 0 Å². The minimum atomic E-state index is -0.523. The molecule has 1 fully saturated rings. The Bertz CT molecular complexity index is 541. The number of halogens is 1. The number of rotatable bonds is 3. The first-order valence-corrected chi connectivity index (χ1v) is 7.85. The van der Waals surface area contributed by atoms with Crippen LogP contribution in [0.3, 0.4) is 0 Å². The number of ether oxygens (including phenoxy) is 3. The van der Waals surface area contributed by atoms with E-state index in [-0.39, 0.29) is 18.3 Å². The van der Waals surface area contributed by atoms with E-state index in [1.807, 2.05) is 27.8 Å². The normalized spacial score (nSPS) is 22.0. The molecular weight excluding hydrogens is 354 g/mol. The third-order valence-corrected chi connectivity index (χ3v) is 4.19. The Hall–Kier alpha value is -1.28. The van der Waals surface area contributed by atoms with Crippen LogP contribution in [0.1, 0.15) is 20.8 Å². The molecule has 1 aliphatic rings. The zero-order valence-corrected chi connectivity index (χ0v) is 15.1. The lowest BCUT2D eigenvalue weighted by molar-refractivity contribution is 0.0240. The van der Waals surface area contributed by atoms with E-state index in [0.717, 1.165) is 4.60 Å². The van der Waals surface area contributed by atoms with Crippen molar-refractivity contribution in [3.8, 4) is 5.75 Å². The molecule has 0 aromatic carbocycles. The molecular formula is C14H22BrN3O4. The highest BCUT2D eigenvalue weighted by Gasteiger charge is 2.39. The minimum Gasteiger partial charge on any atom is -0.481 e. The standard InChI is InChI=1S/C14H22BrN3O4/c1-14(2,3)22-13(19)18-7-10(20-5)11(8-18)21-9-6-16-17(4)12(9)15/h6,10-11H,7-8H2,1-5H3/t10-,11+/m0/s1. The van der Waals surface area contributed by atoms with Gasteiger partial charge in [0.05, 0.1) is 19.3 Å². The Morgan fingerprint density at radius 2 is 2.00 bits per heavy atom. The van der Waals surface area contributed by atoms with Gasteiger partial charge in [0.1, 0.15) is 22.4 Å². The van der Waals surface area contributed by atoms with E-state index in [1.54, 1.807) is 22.9 Å². The van der Waals surface area contributed by atoms with Crippen molar-refractivity contribution in [1.82, 2.24) is 14.7 Å². The molecule has 1 aromatic rings. The van der Waals surface area contributed by atoms with Gasteiger partial charge >= 0.3 is 6.09 Å². The Kier molecular flexibility index (Phi) is 5.01. The van der Waals surface area contributed by atoms with E-state index >= 15 is 0 Å². The van der Waals surface area contributed by atoms with Crippen molar-refractivity contribution in [3.05, 3.63) is 10.8 Å². The monoisotopic (exact) mass is 375 g/mol. The molecule has 124 valence electrons. The summed E-state index contributed by atoms with van der Waals surface area (Å²) in [5, 5.41) is 4.11. The van der Waals surface area contributed by atoms with Crippen LogP contribution in [0.25, 0.3) is 0 Å². The number of likely N-dealkylation sites (tertiary alicyclic amines) is 1.